The van der Waals surface area contributed by atoms with Crippen LogP contribution in [0.3, 0.4) is 0 Å². The molecule has 2 aromatic carbocycles. The summed E-state index contributed by atoms with van der Waals surface area (Å²) in [6.45, 7) is 0. The van der Waals surface area contributed by atoms with Crippen LogP contribution in [0, 0.1) is 4.77 Å². The minimum atomic E-state index is 0.410. The van der Waals surface area contributed by atoms with Gasteiger partial charge in [-0.25, -0.2) is 5.10 Å². The first kappa shape index (κ1) is 13.7. The van der Waals surface area contributed by atoms with Gasteiger partial charge in [-0.1, -0.05) is 42.5 Å². The average Bonchev–Trinajstić information content (AvgIpc) is 3.22. The van der Waals surface area contributed by atoms with Gasteiger partial charge >= 0.3 is 0 Å². The van der Waals surface area contributed by atoms with Gasteiger partial charge in [0.25, 0.3) is 0 Å². The first-order valence-electron chi connectivity index (χ1n) is 7.06. The summed E-state index contributed by atoms with van der Waals surface area (Å²) < 4.78 is 7.33. The highest BCUT2D eigenvalue weighted by molar-refractivity contribution is 7.71. The van der Waals surface area contributed by atoms with Crippen LogP contribution in [0.5, 0.6) is 0 Å². The second kappa shape index (κ2) is 5.66. The van der Waals surface area contributed by atoms with E-state index in [0.717, 1.165) is 10.9 Å². The molecule has 0 spiro atoms. The molecule has 2 aromatic heterocycles. The van der Waals surface area contributed by atoms with Crippen LogP contribution >= 0.6 is 12.2 Å². The second-order valence-electron chi connectivity index (χ2n) is 4.95. The van der Waals surface area contributed by atoms with Crippen molar-refractivity contribution in [1.29, 1.82) is 0 Å². The predicted molar refractivity (Wildman–Crippen MR) is 92.1 cm³/mol. The maximum absolute atomic E-state index is 5.37. The number of hydrogen-bond donors (Lipinski definition) is 1. The average molecular weight is 320 g/mol. The molecule has 0 saturated carbocycles. The molecule has 4 aromatic rings. The number of H-pyrrole nitrogens is 1. The number of furan rings is 1. The molecule has 112 valence electrons. The highest BCUT2D eigenvalue weighted by atomic mass is 32.1. The van der Waals surface area contributed by atoms with Crippen molar-refractivity contribution < 1.29 is 4.42 Å². The lowest BCUT2D eigenvalue weighted by molar-refractivity contribution is 0.573. The topological polar surface area (TPSA) is 59.1 Å². The van der Waals surface area contributed by atoms with Gasteiger partial charge in [0, 0.05) is 5.56 Å². The molecular formula is C17H12N4OS. The number of hydrogen-bond acceptors (Lipinski definition) is 4. The molecule has 1 N–H and O–H groups in total. The van der Waals surface area contributed by atoms with Crippen molar-refractivity contribution in [3.05, 3.63) is 71.2 Å². The summed E-state index contributed by atoms with van der Waals surface area (Å²) in [4.78, 5) is 0. The van der Waals surface area contributed by atoms with Crippen LogP contribution in [-0.2, 0) is 0 Å². The van der Waals surface area contributed by atoms with E-state index in [4.69, 9.17) is 16.6 Å². The molecular weight excluding hydrogens is 308 g/mol. The second-order valence-corrected chi connectivity index (χ2v) is 5.34. The number of benzene rings is 2. The SMILES string of the molecule is S=c1[nH]nc(-c2ccco2)n1N=Cc1cccc2ccccc12. The lowest BCUT2D eigenvalue weighted by atomic mass is 10.1. The standard InChI is InChI=1S/C17H12N4OS/c23-17-20-19-16(15-9-4-10-22-15)21(17)18-11-13-7-3-6-12-5-1-2-8-14(12)13/h1-11H,(H,20,23). The van der Waals surface area contributed by atoms with Gasteiger partial charge in [0.2, 0.25) is 10.6 Å². The van der Waals surface area contributed by atoms with Gasteiger partial charge in [0.1, 0.15) is 0 Å². The molecule has 6 heteroatoms. The molecule has 0 aliphatic carbocycles. The Morgan fingerprint density at radius 3 is 2.83 bits per heavy atom. The van der Waals surface area contributed by atoms with Crippen LogP contribution in [0.25, 0.3) is 22.4 Å². The van der Waals surface area contributed by atoms with Crippen molar-refractivity contribution >= 4 is 29.2 Å². The van der Waals surface area contributed by atoms with Gasteiger partial charge in [-0.05, 0) is 35.1 Å². The molecule has 0 radical (unpaired) electrons. The number of nitrogens with zero attached hydrogens (tertiary/aromatic N) is 3. The molecule has 0 saturated heterocycles. The Labute approximate surface area is 136 Å². The molecule has 5 nitrogen and oxygen atoms in total. The van der Waals surface area contributed by atoms with E-state index < -0.39 is 0 Å². The Morgan fingerprint density at radius 2 is 1.96 bits per heavy atom. The largest absolute Gasteiger partial charge is 0.461 e. The molecule has 0 aliphatic rings. The highest BCUT2D eigenvalue weighted by Gasteiger charge is 2.10. The molecule has 0 atom stereocenters. The van der Waals surface area contributed by atoms with Crippen molar-refractivity contribution in [1.82, 2.24) is 14.9 Å². The minimum Gasteiger partial charge on any atom is -0.461 e. The van der Waals surface area contributed by atoms with E-state index in [-0.39, 0.29) is 0 Å². The fraction of sp³-hybridized carbons (Fsp3) is 0. The summed E-state index contributed by atoms with van der Waals surface area (Å²) in [7, 11) is 0. The van der Waals surface area contributed by atoms with E-state index in [0.29, 0.717) is 16.4 Å². The molecule has 0 fully saturated rings. The smallest absolute Gasteiger partial charge is 0.219 e. The van der Waals surface area contributed by atoms with Crippen LogP contribution in [0.4, 0.5) is 0 Å². The molecule has 4 rings (SSSR count). The first-order chi connectivity index (χ1) is 11.3. The Morgan fingerprint density at radius 1 is 1.09 bits per heavy atom. The zero-order valence-corrected chi connectivity index (χ0v) is 12.8. The maximum Gasteiger partial charge on any atom is 0.219 e. The molecule has 23 heavy (non-hydrogen) atoms. The van der Waals surface area contributed by atoms with Gasteiger partial charge in [0.05, 0.1) is 12.5 Å². The maximum atomic E-state index is 5.37. The fourth-order valence-electron chi connectivity index (χ4n) is 2.45. The third-order valence-electron chi connectivity index (χ3n) is 3.53. The zero-order valence-electron chi connectivity index (χ0n) is 12.0. The van der Waals surface area contributed by atoms with E-state index in [9.17, 15) is 0 Å². The fourth-order valence-corrected chi connectivity index (χ4v) is 2.63. The van der Waals surface area contributed by atoms with E-state index in [1.54, 1.807) is 23.2 Å². The van der Waals surface area contributed by atoms with Gasteiger partial charge in [-0.3, -0.25) is 0 Å². The van der Waals surface area contributed by atoms with Gasteiger partial charge < -0.3 is 4.42 Å². The molecule has 0 bridgehead atoms. The molecule has 0 amide bonds. The minimum absolute atomic E-state index is 0.410. The number of aromatic nitrogens is 3. The van der Waals surface area contributed by atoms with Crippen molar-refractivity contribution in [3.8, 4) is 11.6 Å². The van der Waals surface area contributed by atoms with Crippen LogP contribution in [-0.4, -0.2) is 21.1 Å². The van der Waals surface area contributed by atoms with Crippen LogP contribution in [0.15, 0.2) is 70.4 Å². The predicted octanol–water partition coefficient (Wildman–Crippen LogP) is 4.24. The lowest BCUT2D eigenvalue weighted by Gasteiger charge is -2.02. The van der Waals surface area contributed by atoms with E-state index >= 15 is 0 Å². The zero-order chi connectivity index (χ0) is 15.6. The summed E-state index contributed by atoms with van der Waals surface area (Å²) in [5.74, 6) is 1.14. The number of aromatic amines is 1. The normalized spacial score (nSPS) is 11.5. The third-order valence-corrected chi connectivity index (χ3v) is 3.79. The van der Waals surface area contributed by atoms with Gasteiger partial charge in [0.15, 0.2) is 5.76 Å². The van der Waals surface area contributed by atoms with E-state index in [2.05, 4.69) is 33.5 Å². The van der Waals surface area contributed by atoms with Gasteiger partial charge in [-0.15, -0.1) is 5.10 Å². The number of fused-ring (bicyclic) bond motifs is 1. The molecule has 0 aliphatic heterocycles. The van der Waals surface area contributed by atoms with Crippen molar-refractivity contribution in [2.24, 2.45) is 5.10 Å². The van der Waals surface area contributed by atoms with Crippen LogP contribution in [0.2, 0.25) is 0 Å². The van der Waals surface area contributed by atoms with Crippen LogP contribution in [0.1, 0.15) is 5.56 Å². The Kier molecular flexibility index (Phi) is 3.36. The molecule has 0 unspecified atom stereocenters. The number of nitrogens with one attached hydrogen (secondary N) is 1. The summed E-state index contributed by atoms with van der Waals surface area (Å²) in [5.41, 5.74) is 1.01. The monoisotopic (exact) mass is 320 g/mol. The van der Waals surface area contributed by atoms with Crippen molar-refractivity contribution in [3.63, 3.8) is 0 Å². The van der Waals surface area contributed by atoms with Crippen molar-refractivity contribution in [2.45, 2.75) is 0 Å². The van der Waals surface area contributed by atoms with E-state index in [1.165, 1.54) is 5.39 Å². The number of rotatable bonds is 3. The quantitative estimate of drug-likeness (QED) is 0.454. The van der Waals surface area contributed by atoms with Crippen LogP contribution < -0.4 is 0 Å². The third kappa shape index (κ3) is 2.49. The Bertz CT molecular complexity index is 1040. The summed E-state index contributed by atoms with van der Waals surface area (Å²) in [6.07, 6.45) is 3.37. The first-order valence-corrected chi connectivity index (χ1v) is 7.47. The molecule has 2 heterocycles. The van der Waals surface area contributed by atoms with Gasteiger partial charge in [-0.2, -0.15) is 9.78 Å². The van der Waals surface area contributed by atoms with E-state index in [1.807, 2.05) is 30.3 Å². The summed E-state index contributed by atoms with van der Waals surface area (Å²) >= 11 is 5.25. The highest BCUT2D eigenvalue weighted by Crippen LogP contribution is 2.19. The van der Waals surface area contributed by atoms with Crippen molar-refractivity contribution in [2.75, 3.05) is 0 Å². The lowest BCUT2D eigenvalue weighted by Crippen LogP contribution is -1.94. The Hall–Kier alpha value is -2.99. The Balaban J connectivity index is 1.80. The summed E-state index contributed by atoms with van der Waals surface area (Å²) in [5, 5.41) is 13.7. The summed E-state index contributed by atoms with van der Waals surface area (Å²) in [6, 6.07) is 17.9.